The number of carbonyl (C=O) groups is 1. The molecular weight excluding hydrogens is 586 g/mol. The summed E-state index contributed by atoms with van der Waals surface area (Å²) in [6.07, 6.45) is -4.26. The maximum absolute atomic E-state index is 12.6. The molecule has 0 aliphatic carbocycles. The smallest absolute Gasteiger partial charge is 0.416 e. The summed E-state index contributed by atoms with van der Waals surface area (Å²) < 4.78 is 44.5. The first kappa shape index (κ1) is 31.5. The second kappa shape index (κ2) is 13.1. The second-order valence-corrected chi connectivity index (χ2v) is 9.43. The first-order chi connectivity index (χ1) is 19.3. The Morgan fingerprint density at radius 3 is 2.24 bits per heavy atom. The summed E-state index contributed by atoms with van der Waals surface area (Å²) >= 11 is 11.5. The van der Waals surface area contributed by atoms with E-state index in [0.29, 0.717) is 25.2 Å². The lowest BCUT2D eigenvalue weighted by Crippen LogP contribution is -2.40. The summed E-state index contributed by atoms with van der Waals surface area (Å²) in [5.74, 6) is 0.391. The number of hydrogen-bond donors (Lipinski definition) is 1. The van der Waals surface area contributed by atoms with E-state index in [1.807, 2.05) is 63.2 Å². The number of carbonyl (C=O) groups excluding carboxylic acids is 1. The molecule has 1 heterocycles. The van der Waals surface area contributed by atoms with Gasteiger partial charge in [0.15, 0.2) is 6.10 Å². The summed E-state index contributed by atoms with van der Waals surface area (Å²) in [5, 5.41) is 15.7. The number of anilines is 1. The number of amides is 1. The van der Waals surface area contributed by atoms with Crippen molar-refractivity contribution in [3.8, 4) is 11.4 Å². The minimum absolute atomic E-state index is 0.0305. The number of benzene rings is 3. The first-order valence-electron chi connectivity index (χ1n) is 12.3. The fraction of sp³-hybridized carbons (Fsp3) is 0.259. The Bertz CT molecular complexity index is 1530. The molecule has 0 spiro atoms. The number of aromatic nitrogens is 2. The van der Waals surface area contributed by atoms with Gasteiger partial charge in [-0.2, -0.15) is 18.3 Å². The third kappa shape index (κ3) is 7.19. The van der Waals surface area contributed by atoms with Crippen molar-refractivity contribution >= 4 is 51.4 Å². The fourth-order valence-corrected chi connectivity index (χ4v) is 4.58. The molecule has 0 bridgehead atoms. The van der Waals surface area contributed by atoms with Gasteiger partial charge in [-0.15, -0.1) is 0 Å². The van der Waals surface area contributed by atoms with Crippen LogP contribution in [0.15, 0.2) is 60.8 Å². The SMILES string of the molecule is CCN(CC)C(=O)C(C)Oc1cccc2ccccc12.Nc1c([N+](=O)[O-])cnn1-c1c(Cl)cc(C(F)(F)F)cc1Cl. The van der Waals surface area contributed by atoms with E-state index < -0.39 is 34.3 Å². The largest absolute Gasteiger partial charge is 0.480 e. The monoisotopic (exact) mass is 611 g/mol. The van der Waals surface area contributed by atoms with Gasteiger partial charge in [0, 0.05) is 18.5 Å². The topological polar surface area (TPSA) is 117 Å². The molecule has 0 saturated heterocycles. The van der Waals surface area contributed by atoms with E-state index in [0.717, 1.165) is 27.4 Å². The van der Waals surface area contributed by atoms with Crippen molar-refractivity contribution in [3.05, 3.63) is 86.5 Å². The van der Waals surface area contributed by atoms with Crippen molar-refractivity contribution in [2.24, 2.45) is 0 Å². The Labute approximate surface area is 243 Å². The van der Waals surface area contributed by atoms with Gasteiger partial charge in [-0.1, -0.05) is 59.6 Å². The molecule has 1 amide bonds. The van der Waals surface area contributed by atoms with E-state index in [2.05, 4.69) is 5.10 Å². The van der Waals surface area contributed by atoms with Gasteiger partial charge in [0.2, 0.25) is 5.82 Å². The number of fused-ring (bicyclic) bond motifs is 1. The van der Waals surface area contributed by atoms with E-state index in [-0.39, 0.29) is 21.6 Å². The summed E-state index contributed by atoms with van der Waals surface area (Å²) in [4.78, 5) is 23.9. The van der Waals surface area contributed by atoms with Gasteiger partial charge in [0.1, 0.15) is 17.6 Å². The Hall–Kier alpha value is -4.03. The molecule has 9 nitrogen and oxygen atoms in total. The average Bonchev–Trinajstić information content (AvgIpc) is 3.30. The zero-order valence-corrected chi connectivity index (χ0v) is 23.7. The van der Waals surface area contributed by atoms with E-state index in [1.165, 1.54) is 0 Å². The van der Waals surface area contributed by atoms with Crippen LogP contribution in [0.1, 0.15) is 26.3 Å². The number of nitrogens with zero attached hydrogens (tertiary/aromatic N) is 4. The zero-order chi connectivity index (χ0) is 30.5. The van der Waals surface area contributed by atoms with E-state index in [1.54, 1.807) is 4.90 Å². The number of rotatable bonds is 7. The van der Waals surface area contributed by atoms with Gasteiger partial charge >= 0.3 is 11.9 Å². The van der Waals surface area contributed by atoms with Crippen LogP contribution in [-0.2, 0) is 11.0 Å². The molecule has 4 rings (SSSR count). The highest BCUT2D eigenvalue weighted by atomic mass is 35.5. The molecule has 3 aromatic carbocycles. The Kier molecular flexibility index (Phi) is 10.1. The number of nitro groups is 1. The van der Waals surface area contributed by atoms with Crippen LogP contribution in [0.2, 0.25) is 10.0 Å². The van der Waals surface area contributed by atoms with Crippen LogP contribution >= 0.6 is 23.2 Å². The summed E-state index contributed by atoms with van der Waals surface area (Å²) in [7, 11) is 0. The van der Waals surface area contributed by atoms with Gasteiger partial charge in [0.05, 0.1) is 20.5 Å². The molecule has 0 fully saturated rings. The minimum Gasteiger partial charge on any atom is -0.480 e. The fourth-order valence-electron chi connectivity index (χ4n) is 3.93. The quantitative estimate of drug-likeness (QED) is 0.175. The second-order valence-electron chi connectivity index (χ2n) is 8.62. The molecular formula is C27H26Cl2F3N5O4. The molecule has 2 N–H and O–H groups in total. The van der Waals surface area contributed by atoms with Gasteiger partial charge in [-0.3, -0.25) is 14.9 Å². The molecule has 0 saturated carbocycles. The predicted octanol–water partition coefficient (Wildman–Crippen LogP) is 7.16. The van der Waals surface area contributed by atoms with E-state index >= 15 is 0 Å². The highest BCUT2D eigenvalue weighted by molar-refractivity contribution is 6.38. The molecule has 0 aliphatic rings. The summed E-state index contributed by atoms with van der Waals surface area (Å²) in [6, 6.07) is 15.2. The Morgan fingerprint density at radius 1 is 1.12 bits per heavy atom. The Balaban J connectivity index is 0.000000226. The van der Waals surface area contributed by atoms with Gasteiger partial charge in [-0.25, -0.2) is 4.68 Å². The minimum atomic E-state index is -4.63. The van der Waals surface area contributed by atoms with E-state index in [4.69, 9.17) is 33.7 Å². The molecule has 41 heavy (non-hydrogen) atoms. The van der Waals surface area contributed by atoms with Crippen molar-refractivity contribution in [2.45, 2.75) is 33.1 Å². The molecule has 14 heteroatoms. The summed E-state index contributed by atoms with van der Waals surface area (Å²) in [6.45, 7) is 7.18. The van der Waals surface area contributed by atoms with E-state index in [9.17, 15) is 28.1 Å². The Morgan fingerprint density at radius 2 is 1.71 bits per heavy atom. The third-order valence-electron chi connectivity index (χ3n) is 6.02. The van der Waals surface area contributed by atoms with Crippen molar-refractivity contribution in [1.82, 2.24) is 14.7 Å². The number of likely N-dealkylation sites (N-methyl/N-ethyl adjacent to an activating group) is 1. The number of hydrogen-bond acceptors (Lipinski definition) is 6. The predicted molar refractivity (Wildman–Crippen MR) is 152 cm³/mol. The number of nitrogen functional groups attached to an aromatic ring is 1. The molecule has 4 aromatic rings. The lowest BCUT2D eigenvalue weighted by Gasteiger charge is -2.23. The van der Waals surface area contributed by atoms with Crippen LogP contribution in [-0.4, -0.2) is 44.7 Å². The van der Waals surface area contributed by atoms with Crippen LogP contribution < -0.4 is 10.5 Å². The van der Waals surface area contributed by atoms with Crippen LogP contribution in [0.25, 0.3) is 16.5 Å². The first-order valence-corrected chi connectivity index (χ1v) is 13.0. The van der Waals surface area contributed by atoms with Crippen molar-refractivity contribution in [3.63, 3.8) is 0 Å². The van der Waals surface area contributed by atoms with Gasteiger partial charge in [0.25, 0.3) is 5.91 Å². The number of halogens is 5. The van der Waals surface area contributed by atoms with Crippen molar-refractivity contribution < 1.29 is 27.6 Å². The number of alkyl halides is 3. The lowest BCUT2D eigenvalue weighted by molar-refractivity contribution is -0.383. The zero-order valence-electron chi connectivity index (χ0n) is 22.2. The highest BCUT2D eigenvalue weighted by Crippen LogP contribution is 2.39. The number of ether oxygens (including phenoxy) is 1. The van der Waals surface area contributed by atoms with Crippen LogP contribution in [0, 0.1) is 10.1 Å². The molecule has 218 valence electrons. The maximum Gasteiger partial charge on any atom is 0.416 e. The summed E-state index contributed by atoms with van der Waals surface area (Å²) in [5.41, 5.74) is 3.78. The molecule has 1 unspecified atom stereocenters. The van der Waals surface area contributed by atoms with Crippen molar-refractivity contribution in [1.29, 1.82) is 0 Å². The molecule has 1 atom stereocenters. The number of nitrogens with two attached hydrogens (primary N) is 1. The van der Waals surface area contributed by atoms with Crippen LogP contribution in [0.4, 0.5) is 24.7 Å². The van der Waals surface area contributed by atoms with Crippen LogP contribution in [0.5, 0.6) is 5.75 Å². The van der Waals surface area contributed by atoms with Gasteiger partial charge in [-0.05, 0) is 44.4 Å². The molecule has 0 aliphatic heterocycles. The van der Waals surface area contributed by atoms with Crippen LogP contribution in [0.3, 0.4) is 0 Å². The molecule has 0 radical (unpaired) electrons. The highest BCUT2D eigenvalue weighted by Gasteiger charge is 2.33. The maximum atomic E-state index is 12.6. The normalized spacial score (nSPS) is 11.9. The average molecular weight is 612 g/mol. The van der Waals surface area contributed by atoms with Crippen molar-refractivity contribution in [2.75, 3.05) is 18.8 Å². The molecule has 1 aromatic heterocycles. The van der Waals surface area contributed by atoms with Gasteiger partial charge < -0.3 is 15.4 Å². The third-order valence-corrected chi connectivity index (χ3v) is 6.59. The standard InChI is InChI=1S/C17H21NO2.C10H5Cl2F3N4O2/c1-4-18(5-2)17(19)13(3)20-16-12-8-10-14-9-6-7-11-15(14)16;11-5-1-4(10(13,14)15)2-6(12)8(5)18-9(16)7(3-17-18)19(20)21/h6-13H,4-5H2,1-3H3;1-3H,16H2. The lowest BCUT2D eigenvalue weighted by atomic mass is 10.1.